The van der Waals surface area contributed by atoms with E-state index in [-0.39, 0.29) is 11.8 Å². The molecule has 4 aliphatic rings. The molecule has 2 heterocycles. The topological polar surface area (TPSA) is 79.0 Å². The van der Waals surface area contributed by atoms with Crippen molar-refractivity contribution in [2.45, 2.75) is 102 Å². The van der Waals surface area contributed by atoms with Crippen LogP contribution in [0.25, 0.3) is 0 Å². The predicted molar refractivity (Wildman–Crippen MR) is 123 cm³/mol. The van der Waals surface area contributed by atoms with Gasteiger partial charge in [-0.3, -0.25) is 14.5 Å². The Hall–Kier alpha value is -1.59. The van der Waals surface area contributed by atoms with Crippen LogP contribution in [0, 0.1) is 17.8 Å². The number of piperidine rings is 1. The normalized spacial score (nSPS) is 26.4. The highest BCUT2D eigenvalue weighted by atomic mass is 16.2. The van der Waals surface area contributed by atoms with Gasteiger partial charge >= 0.3 is 0 Å². The lowest BCUT2D eigenvalue weighted by atomic mass is 9.73. The van der Waals surface area contributed by atoms with Crippen LogP contribution in [0.1, 0.15) is 96.8 Å². The molecule has 3 fully saturated rings. The molecule has 4 rings (SSSR count). The van der Waals surface area contributed by atoms with Crippen LogP contribution in [0.5, 0.6) is 0 Å². The molecule has 0 spiro atoms. The number of carbonyl (C=O) groups is 2. The summed E-state index contributed by atoms with van der Waals surface area (Å²) in [6, 6.07) is 0. The van der Waals surface area contributed by atoms with Crippen molar-refractivity contribution in [3.63, 3.8) is 0 Å². The van der Waals surface area contributed by atoms with Crippen molar-refractivity contribution < 1.29 is 9.59 Å². The van der Waals surface area contributed by atoms with E-state index < -0.39 is 5.54 Å². The summed E-state index contributed by atoms with van der Waals surface area (Å²) < 4.78 is 0. The third kappa shape index (κ3) is 5.25. The fraction of sp³-hybridized carbons (Fsp3) is 0.880. The fourth-order valence-corrected chi connectivity index (χ4v) is 6.63. The molecule has 174 valence electrons. The Kier molecular flexibility index (Phi) is 7.22. The summed E-state index contributed by atoms with van der Waals surface area (Å²) in [5, 5.41) is 0. The first-order valence-corrected chi connectivity index (χ1v) is 12.9. The van der Waals surface area contributed by atoms with Crippen molar-refractivity contribution in [3.05, 3.63) is 0 Å². The van der Waals surface area contributed by atoms with Crippen LogP contribution < -0.4 is 5.73 Å². The van der Waals surface area contributed by atoms with Crippen LogP contribution in [0.4, 0.5) is 0 Å². The smallest absolute Gasteiger partial charge is 0.257 e. The van der Waals surface area contributed by atoms with E-state index in [1.807, 2.05) is 9.80 Å². The lowest BCUT2D eigenvalue weighted by molar-refractivity contribution is -0.134. The van der Waals surface area contributed by atoms with Gasteiger partial charge in [-0.2, -0.15) is 0 Å². The SMILES string of the molecule is CC(=O)N1CCC(CN2C(=O)C(CC3CCCCC3)(CC3CCCCC3)N=C2N)CC1. The van der Waals surface area contributed by atoms with E-state index in [0.29, 0.717) is 30.3 Å². The zero-order valence-electron chi connectivity index (χ0n) is 19.5. The summed E-state index contributed by atoms with van der Waals surface area (Å²) in [5.41, 5.74) is 5.82. The van der Waals surface area contributed by atoms with Gasteiger partial charge in [0.1, 0.15) is 5.54 Å². The standard InChI is InChI=1S/C25H42N4O2/c1-19(30)28-14-12-22(13-15-28)18-29-23(31)25(27-24(29)26,16-20-8-4-2-5-9-20)17-21-10-6-3-7-11-21/h20-22H,2-18H2,1H3,(H2,26,27). The highest BCUT2D eigenvalue weighted by molar-refractivity contribution is 6.06. The van der Waals surface area contributed by atoms with Gasteiger partial charge in [-0.1, -0.05) is 64.2 Å². The van der Waals surface area contributed by atoms with Crippen molar-refractivity contribution in [3.8, 4) is 0 Å². The molecular formula is C25H42N4O2. The van der Waals surface area contributed by atoms with Crippen molar-refractivity contribution in [1.29, 1.82) is 0 Å². The molecule has 0 aromatic carbocycles. The number of hydrogen-bond donors (Lipinski definition) is 1. The molecule has 0 radical (unpaired) electrons. The minimum absolute atomic E-state index is 0.149. The molecule has 2 aliphatic heterocycles. The van der Waals surface area contributed by atoms with E-state index >= 15 is 0 Å². The Morgan fingerprint density at radius 3 is 1.90 bits per heavy atom. The van der Waals surface area contributed by atoms with Gasteiger partial charge in [-0.05, 0) is 43.4 Å². The van der Waals surface area contributed by atoms with Crippen LogP contribution in [0.3, 0.4) is 0 Å². The number of likely N-dealkylation sites (tertiary alicyclic amines) is 1. The first-order chi connectivity index (χ1) is 15.0. The Morgan fingerprint density at radius 1 is 0.903 bits per heavy atom. The lowest BCUT2D eigenvalue weighted by Crippen LogP contribution is -2.49. The van der Waals surface area contributed by atoms with Crippen molar-refractivity contribution >= 4 is 17.8 Å². The fourth-order valence-electron chi connectivity index (χ4n) is 6.63. The first-order valence-electron chi connectivity index (χ1n) is 12.9. The predicted octanol–water partition coefficient (Wildman–Crippen LogP) is 4.08. The second-order valence-electron chi connectivity index (χ2n) is 10.8. The molecule has 1 saturated heterocycles. The number of guanidine groups is 1. The Morgan fingerprint density at radius 2 is 1.42 bits per heavy atom. The van der Waals surface area contributed by atoms with E-state index in [9.17, 15) is 9.59 Å². The quantitative estimate of drug-likeness (QED) is 0.689. The van der Waals surface area contributed by atoms with Gasteiger partial charge < -0.3 is 10.6 Å². The first kappa shape index (κ1) is 22.6. The number of nitrogens with zero attached hydrogens (tertiary/aromatic N) is 3. The zero-order chi connectivity index (χ0) is 21.8. The second-order valence-corrected chi connectivity index (χ2v) is 10.8. The van der Waals surface area contributed by atoms with E-state index in [2.05, 4.69) is 0 Å². The average Bonchev–Trinajstić information content (AvgIpc) is 2.99. The molecule has 6 heteroatoms. The van der Waals surface area contributed by atoms with Gasteiger partial charge in [0.25, 0.3) is 5.91 Å². The highest BCUT2D eigenvalue weighted by Crippen LogP contribution is 2.42. The van der Waals surface area contributed by atoms with Crippen LogP contribution in [-0.2, 0) is 9.59 Å². The van der Waals surface area contributed by atoms with Crippen LogP contribution in [0.2, 0.25) is 0 Å². The third-order valence-electron chi connectivity index (χ3n) is 8.45. The minimum atomic E-state index is -0.617. The maximum atomic E-state index is 13.9. The number of carbonyl (C=O) groups excluding carboxylic acids is 2. The summed E-state index contributed by atoms with van der Waals surface area (Å²) in [6.07, 6.45) is 16.4. The monoisotopic (exact) mass is 430 g/mol. The van der Waals surface area contributed by atoms with Crippen molar-refractivity contribution in [1.82, 2.24) is 9.80 Å². The molecule has 31 heavy (non-hydrogen) atoms. The molecule has 2 aliphatic carbocycles. The molecule has 6 nitrogen and oxygen atoms in total. The van der Waals surface area contributed by atoms with E-state index in [1.54, 1.807) is 6.92 Å². The maximum absolute atomic E-state index is 13.9. The number of nitrogens with two attached hydrogens (primary N) is 1. The molecule has 0 aromatic heterocycles. The minimum Gasteiger partial charge on any atom is -0.369 e. The molecule has 2 saturated carbocycles. The number of hydrogen-bond acceptors (Lipinski definition) is 4. The largest absolute Gasteiger partial charge is 0.369 e. The van der Waals surface area contributed by atoms with Gasteiger partial charge in [-0.25, -0.2) is 4.99 Å². The molecule has 2 amide bonds. The Labute approximate surface area is 188 Å². The number of rotatable bonds is 6. The summed E-state index contributed by atoms with van der Waals surface area (Å²) in [6.45, 7) is 3.87. The van der Waals surface area contributed by atoms with E-state index in [4.69, 9.17) is 10.7 Å². The molecule has 0 bridgehead atoms. The zero-order valence-corrected chi connectivity index (χ0v) is 19.5. The molecule has 0 unspecified atom stereocenters. The van der Waals surface area contributed by atoms with Crippen molar-refractivity contribution in [2.75, 3.05) is 19.6 Å². The number of aliphatic imine (C=N–C) groups is 1. The summed E-state index contributed by atoms with van der Waals surface area (Å²) in [4.78, 5) is 34.3. The van der Waals surface area contributed by atoms with Crippen LogP contribution in [-0.4, -0.2) is 52.7 Å². The van der Waals surface area contributed by atoms with Gasteiger partial charge in [0.05, 0.1) is 0 Å². The van der Waals surface area contributed by atoms with Gasteiger partial charge in [0.15, 0.2) is 5.96 Å². The third-order valence-corrected chi connectivity index (χ3v) is 8.45. The van der Waals surface area contributed by atoms with Gasteiger partial charge in [0, 0.05) is 26.6 Å². The summed E-state index contributed by atoms with van der Waals surface area (Å²) in [5.74, 6) is 2.39. The molecule has 2 N–H and O–H groups in total. The average molecular weight is 431 g/mol. The second kappa shape index (κ2) is 9.91. The Bertz CT molecular complexity index is 651. The number of amides is 2. The van der Waals surface area contributed by atoms with Crippen LogP contribution >= 0.6 is 0 Å². The molecule has 0 atom stereocenters. The Balaban J connectivity index is 1.46. The maximum Gasteiger partial charge on any atom is 0.257 e. The summed E-state index contributed by atoms with van der Waals surface area (Å²) in [7, 11) is 0. The summed E-state index contributed by atoms with van der Waals surface area (Å²) >= 11 is 0. The van der Waals surface area contributed by atoms with Gasteiger partial charge in [-0.15, -0.1) is 0 Å². The molecular weight excluding hydrogens is 388 g/mol. The lowest BCUT2D eigenvalue weighted by Gasteiger charge is -2.36. The van der Waals surface area contributed by atoms with Crippen molar-refractivity contribution in [2.24, 2.45) is 28.5 Å². The van der Waals surface area contributed by atoms with E-state index in [0.717, 1.165) is 38.8 Å². The molecule has 0 aromatic rings. The van der Waals surface area contributed by atoms with E-state index in [1.165, 1.54) is 64.2 Å². The van der Waals surface area contributed by atoms with Gasteiger partial charge in [0.2, 0.25) is 5.91 Å². The van der Waals surface area contributed by atoms with Crippen LogP contribution in [0.15, 0.2) is 4.99 Å². The highest BCUT2D eigenvalue weighted by Gasteiger charge is 2.50.